The van der Waals surface area contributed by atoms with Gasteiger partial charge < -0.3 is 29.1 Å². The van der Waals surface area contributed by atoms with Crippen LogP contribution in [-0.4, -0.2) is 39.8 Å². The summed E-state index contributed by atoms with van der Waals surface area (Å²) >= 11 is 1.49. The van der Waals surface area contributed by atoms with Gasteiger partial charge in [0.15, 0.2) is 12.1 Å². The van der Waals surface area contributed by atoms with Crippen LogP contribution in [0, 0.1) is 0 Å². The monoisotopic (exact) mass is 738 g/mol. The van der Waals surface area contributed by atoms with E-state index in [9.17, 15) is 19.5 Å². The summed E-state index contributed by atoms with van der Waals surface area (Å²) in [5.74, 6) is -0.590. The summed E-state index contributed by atoms with van der Waals surface area (Å²) in [5, 5.41) is 13.0. The largest absolute Gasteiger partial charge is 0.431 e. The molecule has 1 amide bonds. The quantitative estimate of drug-likeness (QED) is 0.0763. The van der Waals surface area contributed by atoms with Gasteiger partial charge in [-0.05, 0) is 34.9 Å². The van der Waals surface area contributed by atoms with Crippen LogP contribution in [-0.2, 0) is 27.4 Å². The summed E-state index contributed by atoms with van der Waals surface area (Å²) in [5.41, 5.74) is 6.63. The Bertz CT molecular complexity index is 2240. The Morgan fingerprint density at radius 2 is 1.43 bits per heavy atom. The molecule has 2 aliphatic rings. The van der Waals surface area contributed by atoms with Gasteiger partial charge in [-0.2, -0.15) is 0 Å². The van der Waals surface area contributed by atoms with E-state index in [1.54, 1.807) is 0 Å². The number of fused-ring (bicyclic) bond motifs is 1. The minimum atomic E-state index is -0.760. The van der Waals surface area contributed by atoms with Crippen molar-refractivity contribution in [3.63, 3.8) is 0 Å². The molecule has 0 saturated carbocycles. The second-order valence-corrected chi connectivity index (χ2v) is 13.9. The fraction of sp³-hybridized carbons (Fsp3) is 0.163. The molecule has 11 heteroatoms. The minimum absolute atomic E-state index is 0.0430. The molecule has 3 unspecified atom stereocenters. The molecule has 0 spiro atoms. The zero-order chi connectivity index (χ0) is 37.0. The van der Waals surface area contributed by atoms with Crippen LogP contribution in [0.5, 0.6) is 0 Å². The molecule has 6 aromatic rings. The van der Waals surface area contributed by atoms with Gasteiger partial charge in [0.05, 0.1) is 29.9 Å². The van der Waals surface area contributed by atoms with Gasteiger partial charge >= 0.3 is 11.9 Å². The van der Waals surface area contributed by atoms with Gasteiger partial charge in [0.1, 0.15) is 5.69 Å². The maximum absolute atomic E-state index is 12.9. The number of thioether (sulfide) groups is 1. The first kappa shape index (κ1) is 35.2. The van der Waals surface area contributed by atoms with E-state index in [4.69, 9.17) is 18.9 Å². The molecule has 0 bridgehead atoms. The number of rotatable bonds is 11. The third-order valence-corrected chi connectivity index (χ3v) is 10.3. The second-order valence-electron chi connectivity index (χ2n) is 12.9. The lowest BCUT2D eigenvalue weighted by atomic mass is 10.0. The van der Waals surface area contributed by atoms with Gasteiger partial charge in [-0.25, -0.2) is 14.6 Å². The van der Waals surface area contributed by atoms with Crippen molar-refractivity contribution in [2.24, 2.45) is 0 Å². The van der Waals surface area contributed by atoms with E-state index in [2.05, 4.69) is 10.1 Å². The van der Waals surface area contributed by atoms with Crippen molar-refractivity contribution in [1.29, 1.82) is 0 Å². The SMILES string of the molecule is O=C(NCc1ccc(C2OC(CSc3nc(-c4ccccc4)c(-c4ccccc4)o3)CC(c3ccc(CO)cc3)O2)cc1)c1ccc2c(c1)C(=O)OC2=O. The topological polar surface area (TPSA) is 137 Å². The predicted octanol–water partition coefficient (Wildman–Crippen LogP) is 8.08. The van der Waals surface area contributed by atoms with Crippen LogP contribution in [0.4, 0.5) is 0 Å². The molecule has 1 aromatic heterocycles. The number of ether oxygens (including phenoxy) is 3. The van der Waals surface area contributed by atoms with E-state index in [-0.39, 0.29) is 48.0 Å². The van der Waals surface area contributed by atoms with Gasteiger partial charge in [-0.15, -0.1) is 0 Å². The Balaban J connectivity index is 0.976. The highest BCUT2D eigenvalue weighted by Gasteiger charge is 2.33. The minimum Gasteiger partial charge on any atom is -0.431 e. The number of oxazole rings is 1. The highest BCUT2D eigenvalue weighted by molar-refractivity contribution is 7.99. The third-order valence-electron chi connectivity index (χ3n) is 9.31. The fourth-order valence-electron chi connectivity index (χ4n) is 6.43. The van der Waals surface area contributed by atoms with Crippen LogP contribution in [0.25, 0.3) is 22.6 Å². The first-order valence-corrected chi connectivity index (χ1v) is 18.4. The number of hydrogen-bond donors (Lipinski definition) is 2. The predicted molar refractivity (Wildman–Crippen MR) is 200 cm³/mol. The number of nitrogens with zero attached hydrogens (tertiary/aromatic N) is 1. The summed E-state index contributed by atoms with van der Waals surface area (Å²) in [6.07, 6.45) is -0.570. The zero-order valence-electron chi connectivity index (χ0n) is 28.8. The average Bonchev–Trinajstić information content (AvgIpc) is 3.79. The van der Waals surface area contributed by atoms with Gasteiger partial charge in [0.25, 0.3) is 11.1 Å². The van der Waals surface area contributed by atoms with Gasteiger partial charge in [-0.1, -0.05) is 121 Å². The Morgan fingerprint density at radius 3 is 2.15 bits per heavy atom. The van der Waals surface area contributed by atoms with Crippen molar-refractivity contribution in [1.82, 2.24) is 10.3 Å². The second kappa shape index (κ2) is 15.6. The van der Waals surface area contributed by atoms with Crippen molar-refractivity contribution in [2.75, 3.05) is 5.75 Å². The van der Waals surface area contributed by atoms with Crippen molar-refractivity contribution in [2.45, 2.75) is 43.3 Å². The number of aliphatic hydroxyl groups is 1. The molecule has 2 N–H and O–H groups in total. The average molecular weight is 739 g/mol. The molecule has 8 rings (SSSR count). The molecule has 10 nitrogen and oxygen atoms in total. The number of aliphatic hydroxyl groups excluding tert-OH is 1. The number of esters is 2. The summed E-state index contributed by atoms with van der Waals surface area (Å²) in [4.78, 5) is 41.5. The molecule has 270 valence electrons. The summed E-state index contributed by atoms with van der Waals surface area (Å²) in [6.45, 7) is 0.190. The van der Waals surface area contributed by atoms with Gasteiger partial charge in [0.2, 0.25) is 0 Å². The van der Waals surface area contributed by atoms with Crippen molar-refractivity contribution in [3.05, 3.63) is 166 Å². The lowest BCUT2D eigenvalue weighted by Crippen LogP contribution is -2.31. The Hall–Kier alpha value is -5.85. The Morgan fingerprint density at radius 1 is 0.759 bits per heavy atom. The van der Waals surface area contributed by atoms with Crippen LogP contribution in [0.15, 0.2) is 137 Å². The van der Waals surface area contributed by atoms with Crippen LogP contribution in [0.3, 0.4) is 0 Å². The molecule has 1 saturated heterocycles. The summed E-state index contributed by atoms with van der Waals surface area (Å²) in [7, 11) is 0. The van der Waals surface area contributed by atoms with E-state index in [0.717, 1.165) is 39.1 Å². The molecule has 3 atom stereocenters. The molecule has 0 radical (unpaired) electrons. The van der Waals surface area contributed by atoms with E-state index < -0.39 is 18.2 Å². The third kappa shape index (κ3) is 7.61. The molecular formula is C43H34N2O8S. The first-order valence-electron chi connectivity index (χ1n) is 17.4. The molecule has 54 heavy (non-hydrogen) atoms. The van der Waals surface area contributed by atoms with Crippen LogP contribution >= 0.6 is 11.8 Å². The van der Waals surface area contributed by atoms with Gasteiger partial charge in [-0.3, -0.25) is 4.79 Å². The number of carbonyl (C=O) groups is 3. The molecular weight excluding hydrogens is 705 g/mol. The lowest BCUT2D eigenvalue weighted by molar-refractivity contribution is -0.245. The van der Waals surface area contributed by atoms with E-state index in [1.807, 2.05) is 109 Å². The van der Waals surface area contributed by atoms with Crippen LogP contribution < -0.4 is 5.32 Å². The lowest BCUT2D eigenvalue weighted by Gasteiger charge is -2.36. The van der Waals surface area contributed by atoms with Crippen molar-refractivity contribution >= 4 is 29.6 Å². The zero-order valence-corrected chi connectivity index (χ0v) is 29.7. The molecule has 2 aliphatic heterocycles. The Labute approximate surface area is 315 Å². The van der Waals surface area contributed by atoms with Crippen molar-refractivity contribution < 1.29 is 38.1 Å². The standard InChI is InChI=1S/C43H34N2O8S/c46-24-27-13-15-28(16-14-27)36-22-33(25-54-43-45-37(29-7-3-1-4-8-29)38(52-43)30-9-5-2-6-10-30)50-42(51-36)31-17-11-26(12-18-31)23-44-39(47)32-19-20-34-35(21-32)41(49)53-40(34)48/h1-21,33,36,42,46H,22-25H2,(H,44,47). The van der Waals surface area contributed by atoms with Crippen LogP contribution in [0.1, 0.15) is 72.1 Å². The van der Waals surface area contributed by atoms with Crippen molar-refractivity contribution in [3.8, 4) is 22.6 Å². The number of aromatic nitrogens is 1. The molecule has 1 fully saturated rings. The first-order chi connectivity index (χ1) is 26.4. The number of amides is 1. The van der Waals surface area contributed by atoms with E-state index in [0.29, 0.717) is 23.2 Å². The van der Waals surface area contributed by atoms with E-state index >= 15 is 0 Å². The van der Waals surface area contributed by atoms with Gasteiger partial charge in [0, 0.05) is 41.0 Å². The number of hydrogen-bond acceptors (Lipinski definition) is 10. The number of cyclic esters (lactones) is 2. The Kier molecular flexibility index (Phi) is 10.2. The maximum atomic E-state index is 12.9. The molecule has 5 aromatic carbocycles. The van der Waals surface area contributed by atoms with E-state index in [1.165, 1.54) is 30.0 Å². The number of benzene rings is 5. The number of carbonyl (C=O) groups excluding carboxylic acids is 3. The number of nitrogens with one attached hydrogen (secondary N) is 1. The maximum Gasteiger partial charge on any atom is 0.346 e. The highest BCUT2D eigenvalue weighted by Crippen LogP contribution is 2.41. The summed E-state index contributed by atoms with van der Waals surface area (Å²) in [6, 6.07) is 39.6. The molecule has 3 heterocycles. The van der Waals surface area contributed by atoms with Crippen LogP contribution in [0.2, 0.25) is 0 Å². The molecule has 0 aliphatic carbocycles. The fourth-order valence-corrected chi connectivity index (χ4v) is 7.27. The smallest absolute Gasteiger partial charge is 0.346 e. The normalized spacial score (nSPS) is 17.9. The highest BCUT2D eigenvalue weighted by atomic mass is 32.2. The summed E-state index contributed by atoms with van der Waals surface area (Å²) < 4.78 is 24.1.